The monoisotopic (exact) mass is 375 g/mol. The van der Waals surface area contributed by atoms with Crippen LogP contribution in [0.3, 0.4) is 0 Å². The number of benzene rings is 1. The number of rotatable bonds is 6. The summed E-state index contributed by atoms with van der Waals surface area (Å²) in [6.45, 7) is 2.06. The van der Waals surface area contributed by atoms with E-state index >= 15 is 0 Å². The molecule has 27 heavy (non-hydrogen) atoms. The van der Waals surface area contributed by atoms with Gasteiger partial charge in [0, 0.05) is 30.0 Å². The van der Waals surface area contributed by atoms with Gasteiger partial charge in [0.25, 0.3) is 5.91 Å². The normalized spacial score (nSPS) is 12.2. The van der Waals surface area contributed by atoms with E-state index in [0.29, 0.717) is 4.88 Å². The Morgan fingerprint density at radius 1 is 1.11 bits per heavy atom. The van der Waals surface area contributed by atoms with E-state index in [-0.39, 0.29) is 11.9 Å². The van der Waals surface area contributed by atoms with Gasteiger partial charge >= 0.3 is 0 Å². The number of fused-ring (bicyclic) bond motifs is 1. The van der Waals surface area contributed by atoms with Gasteiger partial charge in [0.15, 0.2) is 0 Å². The number of aromatic nitrogens is 2. The summed E-state index contributed by atoms with van der Waals surface area (Å²) in [6, 6.07) is 18.3. The molecular formula is C22H21N3OS. The zero-order valence-electron chi connectivity index (χ0n) is 15.1. The van der Waals surface area contributed by atoms with Crippen molar-refractivity contribution in [3.8, 4) is 5.69 Å². The molecule has 0 radical (unpaired) electrons. The van der Waals surface area contributed by atoms with Gasteiger partial charge in [-0.15, -0.1) is 11.3 Å². The second-order valence-corrected chi connectivity index (χ2v) is 7.62. The van der Waals surface area contributed by atoms with Crippen LogP contribution in [-0.2, 0) is 6.42 Å². The molecule has 0 bridgehead atoms. The van der Waals surface area contributed by atoms with Crippen LogP contribution < -0.4 is 5.32 Å². The van der Waals surface area contributed by atoms with Crippen molar-refractivity contribution < 1.29 is 4.79 Å². The van der Waals surface area contributed by atoms with Crippen molar-refractivity contribution in [1.82, 2.24) is 14.9 Å². The molecule has 0 spiro atoms. The van der Waals surface area contributed by atoms with Gasteiger partial charge in [-0.3, -0.25) is 4.79 Å². The number of hydrogen-bond donors (Lipinski definition) is 1. The Morgan fingerprint density at radius 3 is 2.67 bits per heavy atom. The lowest BCUT2D eigenvalue weighted by molar-refractivity contribution is 0.0942. The first-order valence-electron chi connectivity index (χ1n) is 9.08. The molecule has 0 aliphatic rings. The van der Waals surface area contributed by atoms with Gasteiger partial charge in [-0.25, -0.2) is 4.98 Å². The van der Waals surface area contributed by atoms with Crippen LogP contribution in [0, 0.1) is 0 Å². The minimum atomic E-state index is -0.0396. The molecular weight excluding hydrogens is 354 g/mol. The predicted molar refractivity (Wildman–Crippen MR) is 111 cm³/mol. The first-order chi connectivity index (χ1) is 13.2. The van der Waals surface area contributed by atoms with Crippen LogP contribution >= 0.6 is 11.3 Å². The fourth-order valence-electron chi connectivity index (χ4n) is 3.20. The number of carbonyl (C=O) groups is 1. The number of amides is 1. The van der Waals surface area contributed by atoms with Gasteiger partial charge < -0.3 is 9.88 Å². The van der Waals surface area contributed by atoms with Crippen LogP contribution in [0.5, 0.6) is 0 Å². The Labute approximate surface area is 162 Å². The van der Waals surface area contributed by atoms with Crippen molar-refractivity contribution in [1.29, 1.82) is 0 Å². The third kappa shape index (κ3) is 3.78. The van der Waals surface area contributed by atoms with E-state index in [1.807, 2.05) is 59.4 Å². The van der Waals surface area contributed by atoms with E-state index in [1.165, 1.54) is 16.9 Å². The molecule has 3 heterocycles. The Kier molecular flexibility index (Phi) is 5.03. The van der Waals surface area contributed by atoms with E-state index in [0.717, 1.165) is 28.7 Å². The van der Waals surface area contributed by atoms with Gasteiger partial charge in [0.1, 0.15) is 9.71 Å². The molecule has 5 heteroatoms. The maximum Gasteiger partial charge on any atom is 0.263 e. The Hall–Kier alpha value is -2.92. The maximum atomic E-state index is 13.0. The van der Waals surface area contributed by atoms with Crippen molar-refractivity contribution in [3.63, 3.8) is 0 Å². The first-order valence-corrected chi connectivity index (χ1v) is 9.89. The summed E-state index contributed by atoms with van der Waals surface area (Å²) < 4.78 is 1.99. The van der Waals surface area contributed by atoms with Crippen LogP contribution in [0.25, 0.3) is 15.9 Å². The summed E-state index contributed by atoms with van der Waals surface area (Å²) >= 11 is 1.44. The zero-order chi connectivity index (χ0) is 18.6. The number of thiophene rings is 1. The third-order valence-corrected chi connectivity index (χ3v) is 5.70. The molecule has 1 amide bonds. The summed E-state index contributed by atoms with van der Waals surface area (Å²) in [5, 5.41) is 4.16. The highest BCUT2D eigenvalue weighted by Crippen LogP contribution is 2.33. The molecule has 1 N–H and O–H groups in total. The number of hydrogen-bond acceptors (Lipinski definition) is 3. The van der Waals surface area contributed by atoms with Crippen molar-refractivity contribution >= 4 is 27.5 Å². The molecule has 3 aromatic heterocycles. The van der Waals surface area contributed by atoms with E-state index in [1.54, 1.807) is 6.20 Å². The first kappa shape index (κ1) is 17.5. The average Bonchev–Trinajstić information content (AvgIpc) is 3.34. The second-order valence-electron chi connectivity index (χ2n) is 6.63. The van der Waals surface area contributed by atoms with Gasteiger partial charge in [-0.1, -0.05) is 30.3 Å². The molecule has 0 saturated carbocycles. The third-order valence-electron chi connectivity index (χ3n) is 4.60. The SMILES string of the molecule is C[C@H](CCc1ccccc1)NC(=O)c1sc2ncccc2c1-n1cccc1. The molecule has 0 aliphatic heterocycles. The maximum absolute atomic E-state index is 13.0. The van der Waals surface area contributed by atoms with Crippen LogP contribution in [0.15, 0.2) is 73.2 Å². The molecule has 0 fully saturated rings. The number of nitrogens with one attached hydrogen (secondary N) is 1. The van der Waals surface area contributed by atoms with Gasteiger partial charge in [0.05, 0.1) is 5.69 Å². The molecule has 0 unspecified atom stereocenters. The number of nitrogens with zero attached hydrogens (tertiary/aromatic N) is 2. The van der Waals surface area contributed by atoms with Gasteiger partial charge in [-0.05, 0) is 49.6 Å². The highest BCUT2D eigenvalue weighted by molar-refractivity contribution is 7.21. The van der Waals surface area contributed by atoms with E-state index < -0.39 is 0 Å². The number of pyridine rings is 1. The minimum Gasteiger partial charge on any atom is -0.349 e. The quantitative estimate of drug-likeness (QED) is 0.524. The zero-order valence-corrected chi connectivity index (χ0v) is 15.9. The van der Waals surface area contributed by atoms with Crippen LogP contribution in [0.4, 0.5) is 0 Å². The molecule has 4 rings (SSSR count). The minimum absolute atomic E-state index is 0.0396. The number of aryl methyl sites for hydroxylation is 1. The lowest BCUT2D eigenvalue weighted by Crippen LogP contribution is -2.32. The summed E-state index contributed by atoms with van der Waals surface area (Å²) in [5.41, 5.74) is 2.19. The second kappa shape index (κ2) is 7.76. The Morgan fingerprint density at radius 2 is 1.89 bits per heavy atom. The topological polar surface area (TPSA) is 46.9 Å². The summed E-state index contributed by atoms with van der Waals surface area (Å²) in [7, 11) is 0. The summed E-state index contributed by atoms with van der Waals surface area (Å²) in [5.74, 6) is -0.0396. The largest absolute Gasteiger partial charge is 0.349 e. The lowest BCUT2D eigenvalue weighted by Gasteiger charge is -2.14. The Bertz CT molecular complexity index is 1040. The highest BCUT2D eigenvalue weighted by atomic mass is 32.1. The van der Waals surface area contributed by atoms with Crippen molar-refractivity contribution in [2.24, 2.45) is 0 Å². The lowest BCUT2D eigenvalue weighted by atomic mass is 10.1. The molecule has 0 aliphatic carbocycles. The molecule has 4 aromatic rings. The molecule has 1 aromatic carbocycles. The molecule has 1 atom stereocenters. The van der Waals surface area contributed by atoms with Crippen molar-refractivity contribution in [3.05, 3.63) is 83.6 Å². The fraction of sp³-hybridized carbons (Fsp3) is 0.182. The van der Waals surface area contributed by atoms with Crippen LogP contribution in [0.1, 0.15) is 28.6 Å². The molecule has 0 saturated heterocycles. The predicted octanol–water partition coefficient (Wildman–Crippen LogP) is 4.84. The van der Waals surface area contributed by atoms with E-state index in [4.69, 9.17) is 0 Å². The van der Waals surface area contributed by atoms with Gasteiger partial charge in [0.2, 0.25) is 0 Å². The van der Waals surface area contributed by atoms with Crippen molar-refractivity contribution in [2.45, 2.75) is 25.8 Å². The smallest absolute Gasteiger partial charge is 0.263 e. The highest BCUT2D eigenvalue weighted by Gasteiger charge is 2.21. The van der Waals surface area contributed by atoms with E-state index in [2.05, 4.69) is 29.4 Å². The van der Waals surface area contributed by atoms with E-state index in [9.17, 15) is 4.79 Å². The fourth-order valence-corrected chi connectivity index (χ4v) is 4.25. The average molecular weight is 375 g/mol. The molecule has 136 valence electrons. The van der Waals surface area contributed by atoms with Crippen LogP contribution in [0.2, 0.25) is 0 Å². The molecule has 4 nitrogen and oxygen atoms in total. The Balaban J connectivity index is 1.55. The standard InChI is InChI=1S/C22H21N3OS/c1-16(11-12-17-8-3-2-4-9-17)24-21(26)20-19(25-14-5-6-15-25)18-10-7-13-23-22(18)27-20/h2-10,13-16H,11-12H2,1H3,(H,24,26)/t16-/m1/s1. The number of carbonyl (C=O) groups excluding carboxylic acids is 1. The van der Waals surface area contributed by atoms with Crippen molar-refractivity contribution in [2.75, 3.05) is 0 Å². The summed E-state index contributed by atoms with van der Waals surface area (Å²) in [6.07, 6.45) is 7.54. The van der Waals surface area contributed by atoms with Gasteiger partial charge in [-0.2, -0.15) is 0 Å². The summed E-state index contributed by atoms with van der Waals surface area (Å²) in [4.78, 5) is 19.0. The van der Waals surface area contributed by atoms with Crippen LogP contribution in [-0.4, -0.2) is 21.5 Å².